The molecule has 1 aromatic heterocycles. The molecule has 0 radical (unpaired) electrons. The minimum Gasteiger partial charge on any atom is -0.508 e. The minimum absolute atomic E-state index is 0.106. The number of hydrogen-bond donors (Lipinski definition) is 3. The van der Waals surface area contributed by atoms with Gasteiger partial charge in [0, 0.05) is 11.1 Å². The number of nitrogen functional groups attached to an aromatic ring is 2. The molecule has 2 aromatic carbocycles. The Bertz CT molecular complexity index is 996. The summed E-state index contributed by atoms with van der Waals surface area (Å²) in [5.41, 5.74) is 16.7. The van der Waals surface area contributed by atoms with Gasteiger partial charge in [-0.3, -0.25) is 0 Å². The van der Waals surface area contributed by atoms with Crippen molar-refractivity contribution < 1.29 is 5.11 Å². The zero-order valence-corrected chi connectivity index (χ0v) is 14.0. The van der Waals surface area contributed by atoms with Crippen LogP contribution in [0.3, 0.4) is 0 Å². The normalized spacial score (nSPS) is 10.2. The molecule has 0 amide bonds. The number of phenols is 1. The van der Waals surface area contributed by atoms with E-state index < -0.39 is 0 Å². The van der Waals surface area contributed by atoms with Gasteiger partial charge < -0.3 is 16.6 Å². The third-order valence-corrected chi connectivity index (χ3v) is 3.63. The highest BCUT2D eigenvalue weighted by Crippen LogP contribution is 2.27. The maximum Gasteiger partial charge on any atom is 0.222 e. The monoisotopic (exact) mass is 330 g/mol. The molecule has 0 atom stereocenters. The molecule has 124 valence electrons. The third kappa shape index (κ3) is 3.70. The van der Waals surface area contributed by atoms with Crippen molar-refractivity contribution >= 4 is 11.8 Å². The highest BCUT2D eigenvalue weighted by atomic mass is 16.3. The summed E-state index contributed by atoms with van der Waals surface area (Å²) in [7, 11) is 0. The topological polar surface area (TPSA) is 98.0 Å². The van der Waals surface area contributed by atoms with E-state index in [0.29, 0.717) is 16.8 Å². The molecule has 5 N–H and O–H groups in total. The number of hydrogen-bond acceptors (Lipinski definition) is 5. The molecule has 0 aliphatic rings. The number of benzene rings is 2. The second kappa shape index (κ2) is 6.54. The molecule has 0 aliphatic heterocycles. The Morgan fingerprint density at radius 1 is 0.920 bits per heavy atom. The first-order valence-electron chi connectivity index (χ1n) is 7.75. The smallest absolute Gasteiger partial charge is 0.222 e. The summed E-state index contributed by atoms with van der Waals surface area (Å²) in [5.74, 6) is 6.51. The van der Waals surface area contributed by atoms with E-state index >= 15 is 0 Å². The van der Waals surface area contributed by atoms with Crippen LogP contribution in [0.2, 0.25) is 0 Å². The Morgan fingerprint density at radius 2 is 1.64 bits per heavy atom. The van der Waals surface area contributed by atoms with Gasteiger partial charge in [-0.1, -0.05) is 35.1 Å². The molecule has 0 bridgehead atoms. The van der Waals surface area contributed by atoms with Crippen LogP contribution in [-0.4, -0.2) is 15.1 Å². The van der Waals surface area contributed by atoms with Crippen LogP contribution in [-0.2, 0) is 0 Å². The summed E-state index contributed by atoms with van der Waals surface area (Å²) in [4.78, 5) is 8.38. The molecule has 5 nitrogen and oxygen atoms in total. The van der Waals surface area contributed by atoms with Crippen molar-refractivity contribution in [2.24, 2.45) is 0 Å². The van der Waals surface area contributed by atoms with Crippen molar-refractivity contribution in [3.63, 3.8) is 0 Å². The van der Waals surface area contributed by atoms with Gasteiger partial charge in [-0.2, -0.15) is 4.98 Å². The van der Waals surface area contributed by atoms with Crippen molar-refractivity contribution in [1.82, 2.24) is 9.97 Å². The number of aryl methyl sites for hydroxylation is 2. The fourth-order valence-corrected chi connectivity index (χ4v) is 2.66. The summed E-state index contributed by atoms with van der Waals surface area (Å²) in [6.45, 7) is 4.03. The Morgan fingerprint density at radius 3 is 2.32 bits per heavy atom. The van der Waals surface area contributed by atoms with Gasteiger partial charge in [-0.25, -0.2) is 4.98 Å². The van der Waals surface area contributed by atoms with Crippen LogP contribution < -0.4 is 11.5 Å². The van der Waals surface area contributed by atoms with Crippen molar-refractivity contribution in [3.05, 3.63) is 64.7 Å². The molecule has 0 unspecified atom stereocenters. The predicted octanol–water partition coefficient (Wildman–Crippen LogP) is 3.03. The van der Waals surface area contributed by atoms with E-state index in [1.807, 2.05) is 26.0 Å². The van der Waals surface area contributed by atoms with Gasteiger partial charge in [0.25, 0.3) is 0 Å². The maximum absolute atomic E-state index is 9.56. The Balaban J connectivity index is 2.17. The first-order valence-corrected chi connectivity index (χ1v) is 7.75. The van der Waals surface area contributed by atoms with Crippen LogP contribution in [0.25, 0.3) is 11.3 Å². The molecule has 0 saturated carbocycles. The largest absolute Gasteiger partial charge is 0.508 e. The maximum atomic E-state index is 9.56. The van der Waals surface area contributed by atoms with Crippen molar-refractivity contribution in [2.45, 2.75) is 13.8 Å². The van der Waals surface area contributed by atoms with Gasteiger partial charge in [-0.15, -0.1) is 0 Å². The number of aromatic hydroxyl groups is 1. The predicted molar refractivity (Wildman–Crippen MR) is 99.9 cm³/mol. The van der Waals surface area contributed by atoms with Gasteiger partial charge in [-0.05, 0) is 44.2 Å². The zero-order chi connectivity index (χ0) is 18.0. The van der Waals surface area contributed by atoms with Gasteiger partial charge in [0.2, 0.25) is 5.95 Å². The van der Waals surface area contributed by atoms with Crippen LogP contribution in [0.15, 0.2) is 42.5 Å². The fourth-order valence-electron chi connectivity index (χ4n) is 2.66. The SMILES string of the molecule is Cc1cc(C)cc(-c2nc(N)nc(N)c2C#Cc2cccc(O)c2)c1. The minimum atomic E-state index is 0.106. The second-order valence-corrected chi connectivity index (χ2v) is 5.87. The van der Waals surface area contributed by atoms with Crippen LogP contribution in [0.1, 0.15) is 22.3 Å². The molecule has 0 spiro atoms. The van der Waals surface area contributed by atoms with E-state index in [4.69, 9.17) is 11.5 Å². The van der Waals surface area contributed by atoms with Crippen molar-refractivity contribution in [3.8, 4) is 28.8 Å². The summed E-state index contributed by atoms with van der Waals surface area (Å²) < 4.78 is 0. The zero-order valence-electron chi connectivity index (χ0n) is 14.0. The average Bonchev–Trinajstić information content (AvgIpc) is 2.52. The summed E-state index contributed by atoms with van der Waals surface area (Å²) in [5, 5.41) is 9.56. The first kappa shape index (κ1) is 16.3. The summed E-state index contributed by atoms with van der Waals surface area (Å²) in [6.07, 6.45) is 0. The highest BCUT2D eigenvalue weighted by molar-refractivity contribution is 5.75. The molecule has 25 heavy (non-hydrogen) atoms. The third-order valence-electron chi connectivity index (χ3n) is 3.63. The van der Waals surface area contributed by atoms with Crippen LogP contribution in [0.5, 0.6) is 5.75 Å². The first-order chi connectivity index (χ1) is 11.9. The van der Waals surface area contributed by atoms with Gasteiger partial charge in [0.05, 0.1) is 11.3 Å². The molecule has 5 heteroatoms. The van der Waals surface area contributed by atoms with E-state index in [1.54, 1.807) is 24.3 Å². The van der Waals surface area contributed by atoms with Crippen molar-refractivity contribution in [1.29, 1.82) is 0 Å². The van der Waals surface area contributed by atoms with Crippen LogP contribution >= 0.6 is 0 Å². The molecule has 0 fully saturated rings. The Kier molecular flexibility index (Phi) is 4.27. The lowest BCUT2D eigenvalue weighted by molar-refractivity contribution is 0.475. The number of nitrogens with zero attached hydrogens (tertiary/aromatic N) is 2. The number of aromatic nitrogens is 2. The number of nitrogens with two attached hydrogens (primary N) is 2. The summed E-state index contributed by atoms with van der Waals surface area (Å²) >= 11 is 0. The molecule has 3 aromatic rings. The number of phenolic OH excluding ortho intramolecular Hbond substituents is 1. The molecule has 0 saturated heterocycles. The molecule has 0 aliphatic carbocycles. The lowest BCUT2D eigenvalue weighted by atomic mass is 10.0. The second-order valence-electron chi connectivity index (χ2n) is 5.87. The van der Waals surface area contributed by atoms with E-state index in [2.05, 4.69) is 27.9 Å². The fraction of sp³-hybridized carbons (Fsp3) is 0.100. The Hall–Kier alpha value is -3.52. The number of anilines is 2. The lowest BCUT2D eigenvalue weighted by Crippen LogP contribution is -2.05. The lowest BCUT2D eigenvalue weighted by Gasteiger charge is -2.09. The van der Waals surface area contributed by atoms with Crippen LogP contribution in [0.4, 0.5) is 11.8 Å². The average molecular weight is 330 g/mol. The van der Waals surface area contributed by atoms with E-state index in [0.717, 1.165) is 16.7 Å². The Labute approximate surface area is 146 Å². The summed E-state index contributed by atoms with van der Waals surface area (Å²) in [6, 6.07) is 12.8. The highest BCUT2D eigenvalue weighted by Gasteiger charge is 2.12. The van der Waals surface area contributed by atoms with E-state index in [-0.39, 0.29) is 17.5 Å². The molecular weight excluding hydrogens is 312 g/mol. The molecule has 3 rings (SSSR count). The van der Waals surface area contributed by atoms with Crippen LogP contribution in [0, 0.1) is 25.7 Å². The van der Waals surface area contributed by atoms with E-state index in [1.165, 1.54) is 0 Å². The van der Waals surface area contributed by atoms with Gasteiger partial charge in [0.1, 0.15) is 11.6 Å². The molecular formula is C20H18N4O. The number of rotatable bonds is 1. The standard InChI is InChI=1S/C20H18N4O/c1-12-8-13(2)10-15(9-12)18-17(19(21)24-20(22)23-18)7-6-14-4-3-5-16(25)11-14/h3-5,8-11,25H,1-2H3,(H4,21,22,23,24). The van der Waals surface area contributed by atoms with Gasteiger partial charge >= 0.3 is 0 Å². The van der Waals surface area contributed by atoms with Gasteiger partial charge in [0.15, 0.2) is 0 Å². The van der Waals surface area contributed by atoms with E-state index in [9.17, 15) is 5.11 Å². The molecule has 1 heterocycles. The quantitative estimate of drug-likeness (QED) is 0.596. The van der Waals surface area contributed by atoms with Crippen molar-refractivity contribution in [2.75, 3.05) is 11.5 Å².